The molecule has 6 heteroatoms. The van der Waals surface area contributed by atoms with E-state index in [0.29, 0.717) is 22.5 Å². The Hall–Kier alpha value is -1.27. The average Bonchev–Trinajstić information content (AvgIpc) is 3.04. The lowest BCUT2D eigenvalue weighted by atomic mass is 9.98. The van der Waals surface area contributed by atoms with E-state index in [4.69, 9.17) is 0 Å². The molecule has 1 spiro atoms. The van der Waals surface area contributed by atoms with Crippen molar-refractivity contribution in [1.82, 2.24) is 10.2 Å². The zero-order valence-electron chi connectivity index (χ0n) is 13.5. The summed E-state index contributed by atoms with van der Waals surface area (Å²) < 4.78 is 0.429. The number of hydrogen-bond acceptors (Lipinski definition) is 4. The number of phenols is 2. The van der Waals surface area contributed by atoms with E-state index in [0.717, 1.165) is 25.7 Å². The molecule has 23 heavy (non-hydrogen) atoms. The molecule has 126 valence electrons. The lowest BCUT2D eigenvalue weighted by Crippen LogP contribution is -2.44. The van der Waals surface area contributed by atoms with Crippen molar-refractivity contribution in [2.75, 3.05) is 6.54 Å². The number of halogens is 1. The number of nitrogens with zero attached hydrogens (tertiary/aromatic N) is 1. The molecular formula is C17H23BrN2O3. The molecule has 3 rings (SSSR count). The molecule has 0 unspecified atom stereocenters. The minimum Gasteiger partial charge on any atom is -0.508 e. The first-order chi connectivity index (χ1) is 10.8. The number of amides is 1. The first kappa shape index (κ1) is 16.6. The van der Waals surface area contributed by atoms with Crippen LogP contribution in [0.4, 0.5) is 0 Å². The molecule has 3 N–H and O–H groups in total. The van der Waals surface area contributed by atoms with Gasteiger partial charge in [0.2, 0.25) is 5.91 Å². The highest BCUT2D eigenvalue weighted by atomic mass is 79.9. The highest BCUT2D eigenvalue weighted by Crippen LogP contribution is 2.45. The molecule has 2 fully saturated rings. The molecule has 1 saturated carbocycles. The van der Waals surface area contributed by atoms with Gasteiger partial charge < -0.3 is 15.1 Å². The minimum absolute atomic E-state index is 0.0655. The molecule has 5 nitrogen and oxygen atoms in total. The third-order valence-electron chi connectivity index (χ3n) is 4.79. The molecule has 1 atom stereocenters. The monoisotopic (exact) mass is 382 g/mol. The number of aromatic hydroxyl groups is 2. The van der Waals surface area contributed by atoms with Crippen LogP contribution in [0.2, 0.25) is 0 Å². The van der Waals surface area contributed by atoms with E-state index >= 15 is 0 Å². The van der Waals surface area contributed by atoms with Crippen molar-refractivity contribution in [1.29, 1.82) is 0 Å². The highest BCUT2D eigenvalue weighted by molar-refractivity contribution is 9.10. The Labute approximate surface area is 144 Å². The minimum atomic E-state index is -0.510. The molecule has 1 aromatic carbocycles. The molecule has 0 aromatic heterocycles. The fourth-order valence-corrected chi connectivity index (χ4v) is 4.23. The standard InChI is InChI=1S/C17H23BrN2O3/c1-10(2)9-20-15(12-7-11(21)8-13(18)14(12)22)19-17(16(20)23)5-3-4-6-17/h7-8,10,15,19,21-22H,3-6,9H2,1-2H3/t15-/m0/s1. The van der Waals surface area contributed by atoms with Gasteiger partial charge in [-0.25, -0.2) is 0 Å². The van der Waals surface area contributed by atoms with Crippen LogP contribution in [0.5, 0.6) is 11.5 Å². The van der Waals surface area contributed by atoms with Crippen molar-refractivity contribution < 1.29 is 15.0 Å². The number of rotatable bonds is 3. The van der Waals surface area contributed by atoms with E-state index in [9.17, 15) is 15.0 Å². The van der Waals surface area contributed by atoms with E-state index in [2.05, 4.69) is 35.1 Å². The van der Waals surface area contributed by atoms with Gasteiger partial charge in [0.25, 0.3) is 0 Å². The maximum atomic E-state index is 13.0. The first-order valence-corrected chi connectivity index (χ1v) is 8.93. The Bertz CT molecular complexity index is 627. The van der Waals surface area contributed by atoms with Crippen LogP contribution in [0.1, 0.15) is 51.3 Å². The van der Waals surface area contributed by atoms with Gasteiger partial charge in [0.05, 0.1) is 10.0 Å². The van der Waals surface area contributed by atoms with Gasteiger partial charge in [-0.3, -0.25) is 10.1 Å². The smallest absolute Gasteiger partial charge is 0.244 e. The number of phenolic OH excluding ortho intramolecular Hbond substituents is 2. The Balaban J connectivity index is 2.03. The van der Waals surface area contributed by atoms with Gasteiger partial charge in [-0.05, 0) is 46.8 Å². The molecule has 0 radical (unpaired) electrons. The van der Waals surface area contributed by atoms with E-state index in [1.807, 2.05) is 4.90 Å². The van der Waals surface area contributed by atoms with Crippen LogP contribution in [0.3, 0.4) is 0 Å². The summed E-state index contributed by atoms with van der Waals surface area (Å²) in [5.74, 6) is 0.572. The average molecular weight is 383 g/mol. The second-order valence-electron chi connectivity index (χ2n) is 7.05. The summed E-state index contributed by atoms with van der Waals surface area (Å²) >= 11 is 3.26. The van der Waals surface area contributed by atoms with E-state index in [1.54, 1.807) is 0 Å². The number of carbonyl (C=O) groups excluding carboxylic acids is 1. The summed E-state index contributed by atoms with van der Waals surface area (Å²) in [6.07, 6.45) is 3.33. The first-order valence-electron chi connectivity index (χ1n) is 8.14. The molecule has 1 amide bonds. The van der Waals surface area contributed by atoms with Crippen LogP contribution in [0.25, 0.3) is 0 Å². The Morgan fingerprint density at radius 3 is 2.61 bits per heavy atom. The van der Waals surface area contributed by atoms with Gasteiger partial charge in [0.1, 0.15) is 17.7 Å². The Morgan fingerprint density at radius 1 is 1.35 bits per heavy atom. The summed E-state index contributed by atoms with van der Waals surface area (Å²) in [6, 6.07) is 2.99. The Kier molecular flexibility index (Phi) is 4.31. The normalized spacial score (nSPS) is 23.4. The maximum Gasteiger partial charge on any atom is 0.244 e. The molecule has 1 aromatic rings. The van der Waals surface area contributed by atoms with Crippen molar-refractivity contribution >= 4 is 21.8 Å². The van der Waals surface area contributed by atoms with Gasteiger partial charge in [0.15, 0.2) is 0 Å². The number of benzene rings is 1. The number of carbonyl (C=O) groups is 1. The zero-order chi connectivity index (χ0) is 16.8. The third-order valence-corrected chi connectivity index (χ3v) is 5.39. The maximum absolute atomic E-state index is 13.0. The zero-order valence-corrected chi connectivity index (χ0v) is 15.1. The topological polar surface area (TPSA) is 72.8 Å². The Morgan fingerprint density at radius 2 is 2.00 bits per heavy atom. The van der Waals surface area contributed by atoms with Gasteiger partial charge in [-0.2, -0.15) is 0 Å². The van der Waals surface area contributed by atoms with E-state index in [-0.39, 0.29) is 17.4 Å². The summed E-state index contributed by atoms with van der Waals surface area (Å²) in [4.78, 5) is 14.9. The van der Waals surface area contributed by atoms with Crippen molar-refractivity contribution in [3.63, 3.8) is 0 Å². The lowest BCUT2D eigenvalue weighted by Gasteiger charge is -2.27. The molecule has 1 aliphatic carbocycles. The summed E-state index contributed by atoms with van der Waals surface area (Å²) in [5.41, 5.74) is 0.0267. The fraction of sp³-hybridized carbons (Fsp3) is 0.588. The van der Waals surface area contributed by atoms with Crippen LogP contribution in [0, 0.1) is 5.92 Å². The molecular weight excluding hydrogens is 360 g/mol. The van der Waals surface area contributed by atoms with Crippen LogP contribution in [-0.4, -0.2) is 33.1 Å². The molecule has 2 aliphatic rings. The summed E-state index contributed by atoms with van der Waals surface area (Å²) in [6.45, 7) is 4.76. The van der Waals surface area contributed by atoms with Gasteiger partial charge in [0, 0.05) is 12.1 Å². The molecule has 0 bridgehead atoms. The number of nitrogens with one attached hydrogen (secondary N) is 1. The third kappa shape index (κ3) is 2.83. The van der Waals surface area contributed by atoms with Crippen LogP contribution >= 0.6 is 15.9 Å². The number of hydrogen-bond donors (Lipinski definition) is 3. The van der Waals surface area contributed by atoms with Crippen molar-refractivity contribution in [3.05, 3.63) is 22.2 Å². The van der Waals surface area contributed by atoms with Crippen LogP contribution < -0.4 is 5.32 Å². The predicted octanol–water partition coefficient (Wildman–Crippen LogP) is 3.26. The largest absolute Gasteiger partial charge is 0.508 e. The van der Waals surface area contributed by atoms with Gasteiger partial charge in [-0.1, -0.05) is 26.7 Å². The second kappa shape index (κ2) is 5.98. The quantitative estimate of drug-likeness (QED) is 0.701. The summed E-state index contributed by atoms with van der Waals surface area (Å²) in [5, 5.41) is 23.8. The SMILES string of the molecule is CC(C)CN1C(=O)C2(CCCC2)N[C@@H]1c1cc(O)cc(Br)c1O. The van der Waals surface area contributed by atoms with Crippen molar-refractivity contribution in [2.45, 2.75) is 51.2 Å². The van der Waals surface area contributed by atoms with Crippen LogP contribution in [-0.2, 0) is 4.79 Å². The van der Waals surface area contributed by atoms with Gasteiger partial charge in [-0.15, -0.1) is 0 Å². The van der Waals surface area contributed by atoms with E-state index in [1.165, 1.54) is 12.1 Å². The fourth-order valence-electron chi connectivity index (χ4n) is 3.77. The van der Waals surface area contributed by atoms with Crippen LogP contribution in [0.15, 0.2) is 16.6 Å². The van der Waals surface area contributed by atoms with Crippen molar-refractivity contribution in [3.8, 4) is 11.5 Å². The van der Waals surface area contributed by atoms with Crippen molar-refractivity contribution in [2.24, 2.45) is 5.92 Å². The van der Waals surface area contributed by atoms with Gasteiger partial charge >= 0.3 is 0 Å². The highest BCUT2D eigenvalue weighted by Gasteiger charge is 2.53. The summed E-state index contributed by atoms with van der Waals surface area (Å²) in [7, 11) is 0. The van der Waals surface area contributed by atoms with E-state index < -0.39 is 11.7 Å². The molecule has 1 aliphatic heterocycles. The second-order valence-corrected chi connectivity index (χ2v) is 7.91. The predicted molar refractivity (Wildman–Crippen MR) is 91.1 cm³/mol. The molecule has 1 heterocycles. The molecule has 1 saturated heterocycles. The lowest BCUT2D eigenvalue weighted by molar-refractivity contribution is -0.133.